The number of thiophene rings is 1. The van der Waals surface area contributed by atoms with Crippen LogP contribution in [-0.4, -0.2) is 55.4 Å². The quantitative estimate of drug-likeness (QED) is 0.748. The van der Waals surface area contributed by atoms with Gasteiger partial charge in [0.05, 0.1) is 4.88 Å². The van der Waals surface area contributed by atoms with E-state index in [1.165, 1.54) is 0 Å². The molecule has 0 saturated carbocycles. The highest BCUT2D eigenvalue weighted by molar-refractivity contribution is 7.12. The van der Waals surface area contributed by atoms with Crippen LogP contribution < -0.4 is 0 Å². The monoisotopic (exact) mass is 280 g/mol. The van der Waals surface area contributed by atoms with E-state index in [0.29, 0.717) is 18.2 Å². The number of carbonyl (C=O) groups is 1. The molecule has 1 saturated heterocycles. The van der Waals surface area contributed by atoms with Crippen molar-refractivity contribution in [1.29, 1.82) is 0 Å². The third-order valence-electron chi connectivity index (χ3n) is 3.99. The predicted molar refractivity (Wildman–Crippen MR) is 81.0 cm³/mol. The zero-order chi connectivity index (χ0) is 13.8. The Balaban J connectivity index is 1.71. The van der Waals surface area contributed by atoms with Crippen molar-refractivity contribution >= 4 is 17.1 Å². The van der Waals surface area contributed by atoms with Gasteiger partial charge in [-0.2, -0.15) is 0 Å². The summed E-state index contributed by atoms with van der Waals surface area (Å²) in [7, 11) is 4.32. The second-order valence-electron chi connectivity index (χ2n) is 5.77. The fourth-order valence-electron chi connectivity index (χ4n) is 2.93. The third-order valence-corrected chi connectivity index (χ3v) is 4.90. The molecule has 2 heterocycles. The van der Waals surface area contributed by atoms with Crippen molar-refractivity contribution in [3.05, 3.63) is 22.4 Å². The maximum absolute atomic E-state index is 11.9. The van der Waals surface area contributed by atoms with Crippen LogP contribution in [0.1, 0.15) is 29.4 Å². The second-order valence-corrected chi connectivity index (χ2v) is 6.72. The minimum absolute atomic E-state index is 0.298. The van der Waals surface area contributed by atoms with Crippen molar-refractivity contribution in [2.24, 2.45) is 5.92 Å². The maximum atomic E-state index is 11.9. The molecule has 2 atom stereocenters. The Bertz CT molecular complexity index is 402. The summed E-state index contributed by atoms with van der Waals surface area (Å²) >= 11 is 1.55. The van der Waals surface area contributed by atoms with Gasteiger partial charge in [0.2, 0.25) is 0 Å². The van der Waals surface area contributed by atoms with E-state index in [4.69, 9.17) is 0 Å². The van der Waals surface area contributed by atoms with Crippen molar-refractivity contribution in [3.63, 3.8) is 0 Å². The minimum Gasteiger partial charge on any atom is -0.305 e. The molecule has 0 N–H and O–H groups in total. The average Bonchev–Trinajstić information content (AvgIpc) is 2.98. The number of likely N-dealkylation sites (N-methyl/N-ethyl adjacent to an activating group) is 1. The summed E-state index contributed by atoms with van der Waals surface area (Å²) in [6.45, 7) is 5.67. The molecule has 0 aromatic carbocycles. The highest BCUT2D eigenvalue weighted by Crippen LogP contribution is 2.20. The summed E-state index contributed by atoms with van der Waals surface area (Å²) in [6.07, 6.45) is 1.65. The molecule has 0 spiro atoms. The van der Waals surface area contributed by atoms with Gasteiger partial charge in [-0.05, 0) is 44.4 Å². The lowest BCUT2D eigenvalue weighted by atomic mass is 10.1. The molecular formula is C15H24N2OS. The lowest BCUT2D eigenvalue weighted by molar-refractivity contribution is 0.0979. The van der Waals surface area contributed by atoms with Crippen molar-refractivity contribution in [3.8, 4) is 0 Å². The summed E-state index contributed by atoms with van der Waals surface area (Å²) in [5, 5.41) is 1.97. The summed E-state index contributed by atoms with van der Waals surface area (Å²) in [5.41, 5.74) is 0. The molecule has 1 fully saturated rings. The summed E-state index contributed by atoms with van der Waals surface area (Å²) in [5.74, 6) is 1.02. The van der Waals surface area contributed by atoms with Gasteiger partial charge in [0.15, 0.2) is 5.78 Å². The Morgan fingerprint density at radius 3 is 2.84 bits per heavy atom. The number of hydrogen-bond donors (Lipinski definition) is 0. The topological polar surface area (TPSA) is 23.6 Å². The molecule has 0 radical (unpaired) electrons. The van der Waals surface area contributed by atoms with Crippen LogP contribution in [-0.2, 0) is 0 Å². The van der Waals surface area contributed by atoms with E-state index in [-0.39, 0.29) is 0 Å². The van der Waals surface area contributed by atoms with Gasteiger partial charge in [-0.15, -0.1) is 11.3 Å². The van der Waals surface area contributed by atoms with Crippen LogP contribution in [0.4, 0.5) is 0 Å². The molecule has 1 aromatic rings. The molecule has 1 aliphatic rings. The normalized spacial score (nSPS) is 24.2. The van der Waals surface area contributed by atoms with Crippen molar-refractivity contribution < 1.29 is 4.79 Å². The lowest BCUT2D eigenvalue weighted by Gasteiger charge is -2.22. The molecule has 0 bridgehead atoms. The van der Waals surface area contributed by atoms with Gasteiger partial charge in [0.25, 0.3) is 0 Å². The van der Waals surface area contributed by atoms with Gasteiger partial charge >= 0.3 is 0 Å². The number of carbonyl (C=O) groups excluding carboxylic acids is 1. The predicted octanol–water partition coefficient (Wildman–Crippen LogP) is 2.59. The number of ketones is 1. The highest BCUT2D eigenvalue weighted by Gasteiger charge is 2.30. The van der Waals surface area contributed by atoms with E-state index in [0.717, 1.165) is 36.9 Å². The van der Waals surface area contributed by atoms with Crippen molar-refractivity contribution in [2.75, 3.05) is 33.7 Å². The van der Waals surface area contributed by atoms with Crippen molar-refractivity contribution in [2.45, 2.75) is 25.8 Å². The number of nitrogens with zero attached hydrogens (tertiary/aromatic N) is 2. The molecule has 2 rings (SSSR count). The van der Waals surface area contributed by atoms with E-state index in [2.05, 4.69) is 30.8 Å². The fraction of sp³-hybridized carbons (Fsp3) is 0.667. The van der Waals surface area contributed by atoms with E-state index in [9.17, 15) is 4.79 Å². The number of likely N-dealkylation sites (tertiary alicyclic amines) is 1. The highest BCUT2D eigenvalue weighted by atomic mass is 32.1. The first kappa shape index (κ1) is 14.7. The van der Waals surface area contributed by atoms with E-state index in [1.54, 1.807) is 11.3 Å². The smallest absolute Gasteiger partial charge is 0.172 e. The Labute approximate surface area is 120 Å². The molecule has 106 valence electrons. The number of hydrogen-bond acceptors (Lipinski definition) is 4. The molecule has 3 nitrogen and oxygen atoms in total. The van der Waals surface area contributed by atoms with E-state index in [1.807, 2.05) is 17.5 Å². The van der Waals surface area contributed by atoms with Gasteiger partial charge < -0.3 is 9.80 Å². The van der Waals surface area contributed by atoms with Gasteiger partial charge in [-0.25, -0.2) is 0 Å². The van der Waals surface area contributed by atoms with Crippen LogP contribution in [0.2, 0.25) is 0 Å². The van der Waals surface area contributed by atoms with Crippen LogP contribution in [0, 0.1) is 5.92 Å². The van der Waals surface area contributed by atoms with Crippen LogP contribution in [0.15, 0.2) is 17.5 Å². The van der Waals surface area contributed by atoms with Gasteiger partial charge in [-0.1, -0.05) is 13.0 Å². The van der Waals surface area contributed by atoms with Crippen LogP contribution in [0.25, 0.3) is 0 Å². The molecule has 19 heavy (non-hydrogen) atoms. The van der Waals surface area contributed by atoms with Crippen LogP contribution >= 0.6 is 11.3 Å². The van der Waals surface area contributed by atoms with Gasteiger partial charge in [0, 0.05) is 25.6 Å². The zero-order valence-corrected chi connectivity index (χ0v) is 12.9. The first-order chi connectivity index (χ1) is 9.08. The minimum atomic E-state index is 0.298. The molecule has 0 amide bonds. The SMILES string of the molecule is CC1CN(CCCC(=O)c2cccs2)CC1N(C)C. The molecule has 2 unspecified atom stereocenters. The first-order valence-electron chi connectivity index (χ1n) is 7.03. The summed E-state index contributed by atoms with van der Waals surface area (Å²) in [4.78, 5) is 17.6. The largest absolute Gasteiger partial charge is 0.305 e. The number of Topliss-reactive ketones (excluding diaryl/α,β-unsaturated/α-hetero) is 1. The van der Waals surface area contributed by atoms with E-state index >= 15 is 0 Å². The summed E-state index contributed by atoms with van der Waals surface area (Å²) in [6, 6.07) is 4.53. The Hall–Kier alpha value is -0.710. The van der Waals surface area contributed by atoms with Crippen LogP contribution in [0.3, 0.4) is 0 Å². The molecule has 1 aliphatic heterocycles. The van der Waals surface area contributed by atoms with Gasteiger partial charge in [0.1, 0.15) is 0 Å². The third kappa shape index (κ3) is 3.88. The first-order valence-corrected chi connectivity index (χ1v) is 7.91. The zero-order valence-electron chi connectivity index (χ0n) is 12.1. The van der Waals surface area contributed by atoms with Crippen molar-refractivity contribution in [1.82, 2.24) is 9.80 Å². The maximum Gasteiger partial charge on any atom is 0.172 e. The summed E-state index contributed by atoms with van der Waals surface area (Å²) < 4.78 is 0. The molecule has 1 aromatic heterocycles. The van der Waals surface area contributed by atoms with Crippen LogP contribution in [0.5, 0.6) is 0 Å². The average molecular weight is 280 g/mol. The molecule has 4 heteroatoms. The number of rotatable bonds is 6. The molecule has 0 aliphatic carbocycles. The Kier molecular flexibility index (Phi) is 5.13. The van der Waals surface area contributed by atoms with E-state index < -0.39 is 0 Å². The molecular weight excluding hydrogens is 256 g/mol. The fourth-order valence-corrected chi connectivity index (χ4v) is 3.62. The second kappa shape index (κ2) is 6.64. The lowest BCUT2D eigenvalue weighted by Crippen LogP contribution is -2.34. The Morgan fingerprint density at radius 1 is 1.47 bits per heavy atom. The Morgan fingerprint density at radius 2 is 2.26 bits per heavy atom. The standard InChI is InChI=1S/C15H24N2OS/c1-12-10-17(11-13(12)16(2)3)8-4-6-14(18)15-7-5-9-19-15/h5,7,9,12-13H,4,6,8,10-11H2,1-3H3. The van der Waals surface area contributed by atoms with Gasteiger partial charge in [-0.3, -0.25) is 4.79 Å².